The first-order valence-electron chi connectivity index (χ1n) is 14.9. The summed E-state index contributed by atoms with van der Waals surface area (Å²) in [4.78, 5) is 14.2. The van der Waals surface area contributed by atoms with Crippen molar-refractivity contribution in [3.63, 3.8) is 0 Å². The highest BCUT2D eigenvalue weighted by Crippen LogP contribution is 2.39. The molecule has 2 N–H and O–H groups in total. The van der Waals surface area contributed by atoms with Gasteiger partial charge < -0.3 is 0 Å². The van der Waals surface area contributed by atoms with E-state index in [-0.39, 0.29) is 33.8 Å². The first kappa shape index (κ1) is 28.9. The Morgan fingerprint density at radius 3 is 2.32 bits per heavy atom. The van der Waals surface area contributed by atoms with E-state index in [2.05, 4.69) is 22.1 Å². The molecule has 2 atom stereocenters. The minimum Gasteiger partial charge on any atom is -0.287 e. The van der Waals surface area contributed by atoms with E-state index in [9.17, 15) is 17.6 Å². The minimum absolute atomic E-state index is 0.148. The molecule has 1 aromatic heterocycles. The Labute approximate surface area is 245 Å². The Morgan fingerprint density at radius 1 is 1.00 bits per heavy atom. The number of aromatic nitrogens is 2. The second-order valence-corrected chi connectivity index (χ2v) is 15.2. The van der Waals surface area contributed by atoms with E-state index in [4.69, 9.17) is 0 Å². The lowest BCUT2D eigenvalue weighted by Crippen LogP contribution is -2.46. The van der Waals surface area contributed by atoms with Gasteiger partial charge in [0, 0.05) is 11.6 Å². The highest BCUT2D eigenvalue weighted by Gasteiger charge is 2.42. The van der Waals surface area contributed by atoms with Crippen LogP contribution in [0.3, 0.4) is 0 Å². The minimum atomic E-state index is -3.76. The fourth-order valence-corrected chi connectivity index (χ4v) is 8.91. The van der Waals surface area contributed by atoms with Crippen molar-refractivity contribution in [2.24, 2.45) is 0 Å². The number of imidazole rings is 1. The lowest BCUT2D eigenvalue weighted by molar-refractivity contribution is 0.101. The summed E-state index contributed by atoms with van der Waals surface area (Å²) in [5.41, 5.74) is 4.64. The number of rotatable bonds is 7. The van der Waals surface area contributed by atoms with Gasteiger partial charge in [-0.1, -0.05) is 62.4 Å². The molecule has 3 fully saturated rings. The third-order valence-electron chi connectivity index (χ3n) is 8.81. The molecule has 0 spiro atoms. The molecule has 1 saturated heterocycles. The highest BCUT2D eigenvalue weighted by atomic mass is 32.2. The largest absolute Gasteiger partial charge is 0.331 e. The van der Waals surface area contributed by atoms with Crippen molar-refractivity contribution in [2.75, 3.05) is 0 Å². The molecule has 2 saturated carbocycles. The number of hydrogen-bond donors (Lipinski definition) is 2. The Balaban J connectivity index is 1.38. The summed E-state index contributed by atoms with van der Waals surface area (Å²) >= 11 is 1.67. The van der Waals surface area contributed by atoms with E-state index in [0.29, 0.717) is 17.1 Å². The number of benzene rings is 2. The molecule has 0 amide bonds. The zero-order chi connectivity index (χ0) is 28.8. The smallest absolute Gasteiger partial charge is 0.287 e. The van der Waals surface area contributed by atoms with Crippen molar-refractivity contribution in [2.45, 2.75) is 112 Å². The Morgan fingerprint density at radius 2 is 1.66 bits per heavy atom. The normalized spacial score (nSPS) is 24.3. The fraction of sp³-hybridized carbons (Fsp3) is 0.567. The van der Waals surface area contributed by atoms with Crippen molar-refractivity contribution < 1.29 is 12.8 Å². The van der Waals surface area contributed by atoms with Crippen LogP contribution < -0.4 is 15.8 Å². The molecule has 1 aliphatic heterocycles. The number of thioether (sulfide) groups is 1. The summed E-state index contributed by atoms with van der Waals surface area (Å²) in [6, 6.07) is 11.4. The van der Waals surface area contributed by atoms with Gasteiger partial charge in [-0.05, 0) is 75.4 Å². The summed E-state index contributed by atoms with van der Waals surface area (Å²) < 4.78 is 46.4. The molecular formula is C30H40FN5O3S2. The average molecular weight is 602 g/mol. The molecule has 222 valence electrons. The SMILES string of the molecule is CC1SC(n2c(=O)n(Cc3ccc(F)cc3)c3ccc(S(=O)(=O)NC4(C)CC4)cc32)NN1C1CCCCCCCC1. The van der Waals surface area contributed by atoms with Crippen LogP contribution in [0.2, 0.25) is 0 Å². The van der Waals surface area contributed by atoms with Gasteiger partial charge in [0.25, 0.3) is 0 Å². The van der Waals surface area contributed by atoms with Crippen LogP contribution in [-0.2, 0) is 16.6 Å². The second kappa shape index (κ2) is 11.5. The van der Waals surface area contributed by atoms with Crippen LogP contribution in [-0.4, -0.2) is 39.5 Å². The van der Waals surface area contributed by atoms with Gasteiger partial charge in [0.1, 0.15) is 5.82 Å². The zero-order valence-corrected chi connectivity index (χ0v) is 25.4. The standard InChI is InChI=1S/C30H40FN5O3S2/c1-21-36(24-9-7-5-3-4-6-8-10-24)32-28(40-21)35-27-19-25(41(38,39)33-30(2)17-18-30)15-16-26(27)34(29(35)37)20-22-11-13-23(31)14-12-22/h11-16,19,21,24,28,32-33H,3-10,17-18,20H2,1-2H3. The number of sulfonamides is 1. The zero-order valence-electron chi connectivity index (χ0n) is 23.8. The molecule has 0 radical (unpaired) electrons. The maximum absolute atomic E-state index is 14.1. The molecular weight excluding hydrogens is 561 g/mol. The maximum atomic E-state index is 14.1. The quantitative estimate of drug-likeness (QED) is 0.362. The number of halogens is 1. The van der Waals surface area contributed by atoms with Crippen molar-refractivity contribution in [1.29, 1.82) is 0 Å². The monoisotopic (exact) mass is 601 g/mol. The van der Waals surface area contributed by atoms with E-state index in [1.165, 1.54) is 50.7 Å². The Hall–Kier alpha value is -2.18. The molecule has 2 heterocycles. The van der Waals surface area contributed by atoms with Crippen LogP contribution in [0.1, 0.15) is 89.1 Å². The molecule has 2 unspecified atom stereocenters. The second-order valence-electron chi connectivity index (χ2n) is 12.2. The van der Waals surface area contributed by atoms with E-state index in [1.807, 2.05) is 6.92 Å². The molecule has 8 nitrogen and oxygen atoms in total. The molecule has 2 aliphatic carbocycles. The van der Waals surface area contributed by atoms with Gasteiger partial charge in [0.05, 0.1) is 27.8 Å². The van der Waals surface area contributed by atoms with Gasteiger partial charge in [0.15, 0.2) is 5.50 Å². The molecule has 6 rings (SSSR count). The van der Waals surface area contributed by atoms with Crippen LogP contribution in [0.15, 0.2) is 52.2 Å². The van der Waals surface area contributed by atoms with E-state index < -0.39 is 15.6 Å². The van der Waals surface area contributed by atoms with Gasteiger partial charge in [-0.2, -0.15) is 0 Å². The summed E-state index contributed by atoms with van der Waals surface area (Å²) in [5, 5.41) is 2.48. The molecule has 11 heteroatoms. The summed E-state index contributed by atoms with van der Waals surface area (Å²) in [6.07, 6.45) is 11.4. The third-order valence-corrected chi connectivity index (χ3v) is 11.6. The Kier molecular flexibility index (Phi) is 8.10. The van der Waals surface area contributed by atoms with Crippen molar-refractivity contribution in [3.8, 4) is 0 Å². The van der Waals surface area contributed by atoms with Gasteiger partial charge in [0.2, 0.25) is 10.0 Å². The van der Waals surface area contributed by atoms with Crippen LogP contribution in [0.5, 0.6) is 0 Å². The van der Waals surface area contributed by atoms with Crippen molar-refractivity contribution in [3.05, 3.63) is 64.3 Å². The first-order valence-corrected chi connectivity index (χ1v) is 17.3. The topological polar surface area (TPSA) is 88.4 Å². The average Bonchev–Trinajstić information content (AvgIpc) is 3.37. The molecule has 3 aliphatic rings. The predicted molar refractivity (Wildman–Crippen MR) is 161 cm³/mol. The van der Waals surface area contributed by atoms with Crippen LogP contribution in [0.4, 0.5) is 4.39 Å². The molecule has 3 aromatic rings. The number of nitrogens with zero attached hydrogens (tertiary/aromatic N) is 3. The van der Waals surface area contributed by atoms with Gasteiger partial charge in [-0.15, -0.1) is 0 Å². The number of hydrogen-bond acceptors (Lipinski definition) is 6. The Bertz CT molecular complexity index is 1560. The van der Waals surface area contributed by atoms with Gasteiger partial charge >= 0.3 is 5.69 Å². The summed E-state index contributed by atoms with van der Waals surface area (Å²) in [7, 11) is -3.76. The molecule has 0 bridgehead atoms. The van der Waals surface area contributed by atoms with E-state index in [1.54, 1.807) is 51.2 Å². The number of hydrazine groups is 1. The predicted octanol–water partition coefficient (Wildman–Crippen LogP) is 5.68. The van der Waals surface area contributed by atoms with Crippen molar-refractivity contribution >= 4 is 32.8 Å². The third kappa shape index (κ3) is 6.15. The van der Waals surface area contributed by atoms with Crippen LogP contribution in [0, 0.1) is 5.82 Å². The van der Waals surface area contributed by atoms with Crippen LogP contribution >= 0.6 is 11.8 Å². The number of fused-ring (bicyclic) bond motifs is 1. The highest BCUT2D eigenvalue weighted by molar-refractivity contribution is 8.00. The maximum Gasteiger partial charge on any atom is 0.331 e. The molecule has 41 heavy (non-hydrogen) atoms. The first-order chi connectivity index (χ1) is 19.6. The van der Waals surface area contributed by atoms with Crippen molar-refractivity contribution in [1.82, 2.24) is 24.3 Å². The summed E-state index contributed by atoms with van der Waals surface area (Å²) in [5.74, 6) is -0.333. The lowest BCUT2D eigenvalue weighted by atomic mass is 10.0. The van der Waals surface area contributed by atoms with E-state index in [0.717, 1.165) is 31.2 Å². The van der Waals surface area contributed by atoms with Gasteiger partial charge in [-0.3, -0.25) is 9.13 Å². The summed E-state index contributed by atoms with van der Waals surface area (Å²) in [6.45, 7) is 4.33. The fourth-order valence-electron chi connectivity index (χ4n) is 6.18. The van der Waals surface area contributed by atoms with Gasteiger partial charge in [-0.25, -0.2) is 32.8 Å². The van der Waals surface area contributed by atoms with E-state index >= 15 is 0 Å². The molecule has 2 aromatic carbocycles. The lowest BCUT2D eigenvalue weighted by Gasteiger charge is -2.30. The van der Waals surface area contributed by atoms with Crippen LogP contribution in [0.25, 0.3) is 11.0 Å². The number of nitrogens with one attached hydrogen (secondary N) is 2.